The van der Waals surface area contributed by atoms with E-state index >= 15 is 0 Å². The first-order valence-corrected chi connectivity index (χ1v) is 32.1. The predicted molar refractivity (Wildman–Crippen MR) is 227 cm³/mol. The SMILES string of the molecule is CCCC1CCC(CCS(CCC[Si](OCC)(OCC)OCC)=S=S=S)C(CCS(CCC[Si](OCC)(OCC)OCC)=S=S=S)C1. The molecule has 16 heteroatoms. The van der Waals surface area contributed by atoms with E-state index in [9.17, 15) is 0 Å². The second kappa shape index (κ2) is 29.6. The van der Waals surface area contributed by atoms with Crippen molar-refractivity contribution in [1.29, 1.82) is 0 Å². The van der Waals surface area contributed by atoms with Gasteiger partial charge in [-0.3, -0.25) is 0 Å². The summed E-state index contributed by atoms with van der Waals surface area (Å²) in [6.45, 7) is 18.4. The Hall–Kier alpha value is 2.21. The van der Waals surface area contributed by atoms with Crippen molar-refractivity contribution in [1.82, 2.24) is 0 Å². The summed E-state index contributed by atoms with van der Waals surface area (Å²) in [4.78, 5) is 0. The topological polar surface area (TPSA) is 55.4 Å². The first-order valence-electron chi connectivity index (χ1n) is 18.0. The van der Waals surface area contributed by atoms with E-state index in [2.05, 4.69) is 6.92 Å². The minimum atomic E-state index is -2.60. The Balaban J connectivity index is 2.91. The average Bonchev–Trinajstić information content (AvgIpc) is 3.04. The van der Waals surface area contributed by atoms with Gasteiger partial charge < -0.3 is 26.6 Å². The highest BCUT2D eigenvalue weighted by atomic mass is 33.2. The van der Waals surface area contributed by atoms with Gasteiger partial charge in [0.1, 0.15) is 0 Å². The van der Waals surface area contributed by atoms with Crippen LogP contribution < -0.4 is 0 Å². The van der Waals surface area contributed by atoms with Crippen molar-refractivity contribution in [3.8, 4) is 0 Å². The van der Waals surface area contributed by atoms with E-state index in [0.29, 0.717) is 39.6 Å². The monoisotopic (exact) mass is 846 g/mol. The van der Waals surface area contributed by atoms with E-state index in [1.165, 1.54) is 80.0 Å². The number of hydrogen-bond acceptors (Lipinski definition) is 8. The lowest BCUT2D eigenvalue weighted by molar-refractivity contribution is 0.0704. The molecule has 0 bridgehead atoms. The van der Waals surface area contributed by atoms with Crippen LogP contribution in [0, 0.1) is 17.8 Å². The highest BCUT2D eigenvalue weighted by molar-refractivity contribution is 8.58. The Morgan fingerprint density at radius 3 is 1.32 bits per heavy atom. The molecule has 0 aromatic carbocycles. The van der Waals surface area contributed by atoms with Crippen molar-refractivity contribution < 1.29 is 26.6 Å². The second-order valence-electron chi connectivity index (χ2n) is 11.7. The Kier molecular flexibility index (Phi) is 29.8. The van der Waals surface area contributed by atoms with Crippen LogP contribution in [0.3, 0.4) is 0 Å². The highest BCUT2D eigenvalue weighted by Gasteiger charge is 2.40. The molecule has 1 aliphatic carbocycles. The van der Waals surface area contributed by atoms with Gasteiger partial charge in [0.25, 0.3) is 0 Å². The summed E-state index contributed by atoms with van der Waals surface area (Å²) in [6.07, 6.45) is 11.7. The summed E-state index contributed by atoms with van der Waals surface area (Å²) in [7, 11) is 2.18. The molecule has 0 aromatic rings. The third-order valence-electron chi connectivity index (χ3n) is 8.52. The van der Waals surface area contributed by atoms with Gasteiger partial charge in [-0.15, -0.1) is 18.9 Å². The molecule has 0 heterocycles. The van der Waals surface area contributed by atoms with Gasteiger partial charge in [0, 0.05) is 51.7 Å². The van der Waals surface area contributed by atoms with Crippen molar-refractivity contribution >= 4 is 94.4 Å². The maximum atomic E-state index is 6.13. The third-order valence-corrected chi connectivity index (χ3v) is 29.1. The van der Waals surface area contributed by atoms with Crippen LogP contribution >= 0.6 is 0 Å². The first kappa shape index (κ1) is 47.2. The normalized spacial score (nSPS) is 20.1. The zero-order chi connectivity index (χ0) is 34.8. The van der Waals surface area contributed by atoms with Crippen molar-refractivity contribution in [3.05, 3.63) is 0 Å². The molecule has 0 N–H and O–H groups in total. The standard InChI is InChI=1S/C31H66O6S8Si2/c1-8-17-29-18-19-30(20-24-44(42-40-38)22-15-26-46(32-9-2,33-10-3)34-11-4)31(28-29)21-25-45(43-41-39)23-16-27-47(35-12-5,36-13-6)37-14-7/h29-31H,8-28H2,1-7H3. The molecule has 1 fully saturated rings. The van der Waals surface area contributed by atoms with Crippen LogP contribution in [0.4, 0.5) is 0 Å². The van der Waals surface area contributed by atoms with Crippen molar-refractivity contribution in [2.24, 2.45) is 17.8 Å². The molecule has 0 saturated heterocycles. The molecule has 1 aliphatic rings. The molecule has 0 amide bonds. The van der Waals surface area contributed by atoms with Gasteiger partial charge in [-0.2, -0.15) is 0 Å². The average molecular weight is 848 g/mol. The minimum Gasteiger partial charge on any atom is -0.374 e. The number of hydrogen-bond donors (Lipinski definition) is 0. The van der Waals surface area contributed by atoms with E-state index < -0.39 is 17.6 Å². The summed E-state index contributed by atoms with van der Waals surface area (Å²) in [6, 6.07) is 1.78. The Bertz CT molecular complexity index is 999. The fraction of sp³-hybridized carbons (Fsp3) is 1.00. The summed E-state index contributed by atoms with van der Waals surface area (Å²) >= 11 is 10.8. The molecule has 1 saturated carbocycles. The minimum absolute atomic E-state index is 0.243. The molecule has 0 radical (unpaired) electrons. The van der Waals surface area contributed by atoms with E-state index in [1.807, 2.05) is 59.3 Å². The molecule has 6 nitrogen and oxygen atoms in total. The van der Waals surface area contributed by atoms with E-state index in [-0.39, 0.29) is 18.9 Å². The zero-order valence-electron chi connectivity index (χ0n) is 30.3. The lowest BCUT2D eigenvalue weighted by Crippen LogP contribution is -2.46. The van der Waals surface area contributed by atoms with Crippen LogP contribution in [-0.4, -0.2) is 80.3 Å². The van der Waals surface area contributed by atoms with E-state index in [4.69, 9.17) is 48.9 Å². The molecule has 5 unspecified atom stereocenters. The summed E-state index contributed by atoms with van der Waals surface area (Å²) in [5.41, 5.74) is 0. The first-order chi connectivity index (χ1) is 22.8. The van der Waals surface area contributed by atoms with Crippen molar-refractivity contribution in [2.75, 3.05) is 62.7 Å². The lowest BCUT2D eigenvalue weighted by atomic mass is 9.71. The predicted octanol–water partition coefficient (Wildman–Crippen LogP) is 7.63. The molecule has 47 heavy (non-hydrogen) atoms. The van der Waals surface area contributed by atoms with Gasteiger partial charge in [0.15, 0.2) is 0 Å². The van der Waals surface area contributed by atoms with Crippen LogP contribution in [0.5, 0.6) is 0 Å². The second-order valence-corrected chi connectivity index (χ2v) is 30.5. The van der Waals surface area contributed by atoms with Gasteiger partial charge in [-0.25, -0.2) is 0 Å². The maximum Gasteiger partial charge on any atom is 0.500 e. The quantitative estimate of drug-likeness (QED) is 0.0747. The van der Waals surface area contributed by atoms with Gasteiger partial charge in [0.05, 0.1) is 0 Å². The fourth-order valence-electron chi connectivity index (χ4n) is 6.71. The molecule has 0 spiro atoms. The van der Waals surface area contributed by atoms with Gasteiger partial charge in [-0.05, 0) is 179 Å². The summed E-state index contributed by atoms with van der Waals surface area (Å²) in [5, 5.41) is 0. The van der Waals surface area contributed by atoms with E-state index in [0.717, 1.165) is 48.4 Å². The highest BCUT2D eigenvalue weighted by Crippen LogP contribution is 2.40. The molecule has 5 atom stereocenters. The smallest absolute Gasteiger partial charge is 0.374 e. The Morgan fingerprint density at radius 1 is 0.553 bits per heavy atom. The third kappa shape index (κ3) is 19.7. The van der Waals surface area contributed by atoms with Crippen LogP contribution in [0.2, 0.25) is 12.1 Å². The maximum absolute atomic E-state index is 6.13. The number of rotatable bonds is 28. The van der Waals surface area contributed by atoms with Gasteiger partial charge in [-0.1, -0.05) is 26.2 Å². The van der Waals surface area contributed by atoms with Crippen LogP contribution in [0.15, 0.2) is 0 Å². The van der Waals surface area contributed by atoms with Crippen molar-refractivity contribution in [3.63, 3.8) is 0 Å². The lowest BCUT2D eigenvalue weighted by Gasteiger charge is -2.37. The fourth-order valence-corrected chi connectivity index (χ4v) is 26.0. The zero-order valence-corrected chi connectivity index (χ0v) is 38.8. The largest absolute Gasteiger partial charge is 0.500 e. The van der Waals surface area contributed by atoms with Crippen LogP contribution in [0.25, 0.3) is 0 Å². The van der Waals surface area contributed by atoms with Gasteiger partial charge in [0.2, 0.25) is 0 Å². The van der Waals surface area contributed by atoms with Crippen molar-refractivity contribution in [2.45, 2.75) is 118 Å². The Morgan fingerprint density at radius 2 is 0.957 bits per heavy atom. The van der Waals surface area contributed by atoms with Crippen LogP contribution in [0.1, 0.15) is 106 Å². The van der Waals surface area contributed by atoms with Gasteiger partial charge >= 0.3 is 17.6 Å². The van der Waals surface area contributed by atoms with Crippen LogP contribution in [-0.2, 0) is 103 Å². The molecule has 1 rings (SSSR count). The molecule has 282 valence electrons. The summed E-state index contributed by atoms with van der Waals surface area (Å²) < 4.78 is 36.8. The molecule has 0 aliphatic heterocycles. The molecule has 0 aromatic heterocycles. The summed E-state index contributed by atoms with van der Waals surface area (Å²) in [5.74, 6) is 7.39. The van der Waals surface area contributed by atoms with E-state index in [1.54, 1.807) is 0 Å². The molecular weight excluding hydrogens is 781 g/mol. The molecular formula is C31H66O6S8Si2. The Labute approximate surface area is 317 Å².